The van der Waals surface area contributed by atoms with Crippen LogP contribution >= 0.6 is 0 Å². The average molecular weight is 279 g/mol. The molecule has 0 radical (unpaired) electrons. The van der Waals surface area contributed by atoms with Crippen molar-refractivity contribution in [2.45, 2.75) is 6.61 Å². The van der Waals surface area contributed by atoms with Crippen LogP contribution in [0.15, 0.2) is 54.6 Å². The lowest BCUT2D eigenvalue weighted by Crippen LogP contribution is -1.95. The zero-order valence-electron chi connectivity index (χ0n) is 12.0. The lowest BCUT2D eigenvalue weighted by atomic mass is 10.1. The van der Waals surface area contributed by atoms with Gasteiger partial charge in [0.25, 0.3) is 0 Å². The van der Waals surface area contributed by atoms with Crippen LogP contribution in [-0.4, -0.2) is 13.7 Å². The number of nitrogens with zero attached hydrogens (tertiary/aromatic N) is 1. The second-order valence-corrected chi connectivity index (χ2v) is 4.47. The van der Waals surface area contributed by atoms with E-state index in [-0.39, 0.29) is 0 Å². The van der Waals surface area contributed by atoms with Crippen molar-refractivity contribution in [1.29, 1.82) is 5.26 Å². The molecule has 0 heterocycles. The minimum atomic E-state index is 0.470. The Morgan fingerprint density at radius 1 is 1.14 bits per heavy atom. The lowest BCUT2D eigenvalue weighted by molar-refractivity contribution is 0.149. The molecule has 0 aliphatic carbocycles. The SMILES string of the molecule is COc1ccc(COCC=Cc2ccccc2)cc1C#N. The summed E-state index contributed by atoms with van der Waals surface area (Å²) in [6.07, 6.45) is 4.00. The summed E-state index contributed by atoms with van der Waals surface area (Å²) in [5, 5.41) is 9.03. The van der Waals surface area contributed by atoms with Gasteiger partial charge < -0.3 is 9.47 Å². The van der Waals surface area contributed by atoms with E-state index in [0.29, 0.717) is 24.5 Å². The van der Waals surface area contributed by atoms with Crippen molar-refractivity contribution in [2.75, 3.05) is 13.7 Å². The summed E-state index contributed by atoms with van der Waals surface area (Å²) in [4.78, 5) is 0. The first-order valence-corrected chi connectivity index (χ1v) is 6.70. The van der Waals surface area contributed by atoms with Gasteiger partial charge in [0.2, 0.25) is 0 Å². The summed E-state index contributed by atoms with van der Waals surface area (Å²) in [5.74, 6) is 0.588. The largest absolute Gasteiger partial charge is 0.495 e. The maximum atomic E-state index is 9.03. The topological polar surface area (TPSA) is 42.2 Å². The van der Waals surface area contributed by atoms with E-state index >= 15 is 0 Å². The summed E-state index contributed by atoms with van der Waals surface area (Å²) in [6, 6.07) is 17.7. The van der Waals surface area contributed by atoms with Gasteiger partial charge in [-0.3, -0.25) is 0 Å². The Morgan fingerprint density at radius 2 is 1.95 bits per heavy atom. The zero-order chi connectivity index (χ0) is 14.9. The highest BCUT2D eigenvalue weighted by molar-refractivity contribution is 5.48. The molecule has 0 fully saturated rings. The molecule has 3 nitrogen and oxygen atoms in total. The normalized spacial score (nSPS) is 10.5. The smallest absolute Gasteiger partial charge is 0.136 e. The van der Waals surface area contributed by atoms with Gasteiger partial charge in [-0.15, -0.1) is 0 Å². The summed E-state index contributed by atoms with van der Waals surface area (Å²) in [7, 11) is 1.56. The van der Waals surface area contributed by atoms with Gasteiger partial charge >= 0.3 is 0 Å². The second kappa shape index (κ2) is 7.88. The summed E-state index contributed by atoms with van der Waals surface area (Å²) >= 11 is 0. The third-order valence-corrected chi connectivity index (χ3v) is 2.98. The van der Waals surface area contributed by atoms with E-state index in [1.54, 1.807) is 19.2 Å². The summed E-state index contributed by atoms with van der Waals surface area (Å²) < 4.78 is 10.7. The molecule has 0 spiro atoms. The fourth-order valence-electron chi connectivity index (χ4n) is 1.93. The van der Waals surface area contributed by atoms with E-state index in [2.05, 4.69) is 6.07 Å². The van der Waals surface area contributed by atoms with Crippen LogP contribution in [0.5, 0.6) is 5.75 Å². The van der Waals surface area contributed by atoms with Gasteiger partial charge in [-0.05, 0) is 23.3 Å². The van der Waals surface area contributed by atoms with Crippen molar-refractivity contribution >= 4 is 6.08 Å². The van der Waals surface area contributed by atoms with Gasteiger partial charge in [0, 0.05) is 0 Å². The van der Waals surface area contributed by atoms with Crippen LogP contribution in [0.2, 0.25) is 0 Å². The maximum Gasteiger partial charge on any atom is 0.136 e. The van der Waals surface area contributed by atoms with Gasteiger partial charge in [-0.25, -0.2) is 0 Å². The zero-order valence-corrected chi connectivity index (χ0v) is 12.0. The average Bonchev–Trinajstić information content (AvgIpc) is 2.55. The van der Waals surface area contributed by atoms with Gasteiger partial charge in [0.15, 0.2) is 0 Å². The van der Waals surface area contributed by atoms with E-state index in [1.165, 1.54) is 0 Å². The first-order chi connectivity index (χ1) is 10.3. The molecule has 3 heteroatoms. The number of benzene rings is 2. The highest BCUT2D eigenvalue weighted by atomic mass is 16.5. The molecule has 0 amide bonds. The van der Waals surface area contributed by atoms with E-state index in [1.807, 2.05) is 48.6 Å². The van der Waals surface area contributed by atoms with Crippen LogP contribution in [0.3, 0.4) is 0 Å². The molecule has 0 saturated heterocycles. The minimum absolute atomic E-state index is 0.470. The molecule has 0 aliphatic heterocycles. The fraction of sp³-hybridized carbons (Fsp3) is 0.167. The van der Waals surface area contributed by atoms with Gasteiger partial charge in [0.05, 0.1) is 25.9 Å². The van der Waals surface area contributed by atoms with Crippen molar-refractivity contribution < 1.29 is 9.47 Å². The standard InChI is InChI=1S/C18H17NO2/c1-20-18-10-9-16(12-17(18)13-19)14-21-11-5-8-15-6-3-2-4-7-15/h2-10,12H,11,14H2,1H3. The molecule has 2 aromatic rings. The third-order valence-electron chi connectivity index (χ3n) is 2.98. The molecule has 21 heavy (non-hydrogen) atoms. The van der Waals surface area contributed by atoms with Crippen molar-refractivity contribution in [1.82, 2.24) is 0 Å². The predicted octanol–water partition coefficient (Wildman–Crippen LogP) is 3.80. The van der Waals surface area contributed by atoms with E-state index < -0.39 is 0 Å². The number of methoxy groups -OCH3 is 1. The Labute approximate surface area is 125 Å². The number of nitriles is 1. The molecular formula is C18H17NO2. The van der Waals surface area contributed by atoms with Gasteiger partial charge in [-0.2, -0.15) is 5.26 Å². The number of ether oxygens (including phenoxy) is 2. The molecule has 0 saturated carbocycles. The molecule has 0 bridgehead atoms. The third kappa shape index (κ3) is 4.48. The molecule has 106 valence electrons. The number of hydrogen-bond donors (Lipinski definition) is 0. The molecule has 0 aliphatic rings. The van der Waals surface area contributed by atoms with E-state index in [4.69, 9.17) is 14.7 Å². The van der Waals surface area contributed by atoms with Crippen LogP contribution in [0, 0.1) is 11.3 Å². The van der Waals surface area contributed by atoms with E-state index in [9.17, 15) is 0 Å². The Balaban J connectivity index is 1.84. The lowest BCUT2D eigenvalue weighted by Gasteiger charge is -2.06. The van der Waals surface area contributed by atoms with E-state index in [0.717, 1.165) is 11.1 Å². The van der Waals surface area contributed by atoms with Crippen molar-refractivity contribution in [3.8, 4) is 11.8 Å². The minimum Gasteiger partial charge on any atom is -0.495 e. The summed E-state index contributed by atoms with van der Waals surface area (Å²) in [5.41, 5.74) is 2.64. The quantitative estimate of drug-likeness (QED) is 0.755. The Morgan fingerprint density at radius 3 is 2.67 bits per heavy atom. The molecule has 0 N–H and O–H groups in total. The molecule has 0 unspecified atom stereocenters. The monoisotopic (exact) mass is 279 g/mol. The molecule has 2 rings (SSSR count). The number of rotatable bonds is 6. The molecular weight excluding hydrogens is 262 g/mol. The molecule has 0 aromatic heterocycles. The van der Waals surface area contributed by atoms with Crippen LogP contribution in [0.4, 0.5) is 0 Å². The summed E-state index contributed by atoms with van der Waals surface area (Å²) in [6.45, 7) is 1.00. The number of hydrogen-bond acceptors (Lipinski definition) is 3. The first kappa shape index (κ1) is 14.8. The molecule has 2 aromatic carbocycles. The maximum absolute atomic E-state index is 9.03. The van der Waals surface area contributed by atoms with Crippen molar-refractivity contribution in [2.24, 2.45) is 0 Å². The second-order valence-electron chi connectivity index (χ2n) is 4.47. The van der Waals surface area contributed by atoms with Gasteiger partial charge in [0.1, 0.15) is 11.8 Å². The van der Waals surface area contributed by atoms with Crippen molar-refractivity contribution in [3.05, 3.63) is 71.3 Å². The van der Waals surface area contributed by atoms with Crippen molar-refractivity contribution in [3.63, 3.8) is 0 Å². The predicted molar refractivity (Wildman–Crippen MR) is 82.8 cm³/mol. The van der Waals surface area contributed by atoms with Gasteiger partial charge in [-0.1, -0.05) is 48.6 Å². The Bertz CT molecular complexity index is 642. The van der Waals surface area contributed by atoms with Crippen LogP contribution in [0.25, 0.3) is 6.08 Å². The van der Waals surface area contributed by atoms with Crippen LogP contribution in [-0.2, 0) is 11.3 Å². The van der Waals surface area contributed by atoms with Crippen LogP contribution < -0.4 is 4.74 Å². The highest BCUT2D eigenvalue weighted by Gasteiger charge is 2.03. The first-order valence-electron chi connectivity index (χ1n) is 6.70. The fourth-order valence-corrected chi connectivity index (χ4v) is 1.93. The molecule has 0 atom stereocenters. The Kier molecular flexibility index (Phi) is 5.57. The van der Waals surface area contributed by atoms with Crippen LogP contribution in [0.1, 0.15) is 16.7 Å². The Hall–Kier alpha value is -2.57. The highest BCUT2D eigenvalue weighted by Crippen LogP contribution is 2.19.